The van der Waals surface area contributed by atoms with Gasteiger partial charge in [0.05, 0.1) is 55.8 Å². The van der Waals surface area contributed by atoms with Crippen LogP contribution in [0.25, 0.3) is 44.2 Å². The Morgan fingerprint density at radius 2 is 1.38 bits per heavy atom. The van der Waals surface area contributed by atoms with Crippen molar-refractivity contribution in [2.24, 2.45) is 5.92 Å². The van der Waals surface area contributed by atoms with Crippen LogP contribution in [0.2, 0.25) is 0 Å². The van der Waals surface area contributed by atoms with E-state index in [0.29, 0.717) is 18.9 Å². The van der Waals surface area contributed by atoms with E-state index >= 15 is 0 Å². The van der Waals surface area contributed by atoms with Crippen LogP contribution in [0.15, 0.2) is 60.8 Å². The molecule has 2 saturated heterocycles. The van der Waals surface area contributed by atoms with E-state index in [-0.39, 0.29) is 36.4 Å². The topological polar surface area (TPSA) is 184 Å². The van der Waals surface area contributed by atoms with Crippen molar-refractivity contribution in [2.45, 2.75) is 63.7 Å². The summed E-state index contributed by atoms with van der Waals surface area (Å²) in [6, 6.07) is 16.7. The number of likely N-dealkylation sites (tertiary alicyclic amines) is 2. The Morgan fingerprint density at radius 1 is 0.768 bits per heavy atom. The maximum atomic E-state index is 13.6. The predicted octanol–water partition coefficient (Wildman–Crippen LogP) is 5.85. The van der Waals surface area contributed by atoms with Gasteiger partial charge in [-0.05, 0) is 77.8 Å². The molecule has 4 amide bonds. The SMILES string of the molecule is COCC(NC(=O)OC)C(=O)N1CCCC1c1ncc(-c2ccc3cc(-c4ccc5nc(C6CCCN6C(=O)C(NC(=O)OC)C(C)C)[nH]c5c4)ccc3c2)[nH]1. The minimum atomic E-state index is -0.867. The summed E-state index contributed by atoms with van der Waals surface area (Å²) < 4.78 is 14.7. The summed E-state index contributed by atoms with van der Waals surface area (Å²) in [6.07, 6.45) is 3.65. The number of carbonyl (C=O) groups is 4. The summed E-state index contributed by atoms with van der Waals surface area (Å²) in [4.78, 5) is 71.0. The number of imidazole rings is 2. The molecule has 2 aliphatic heterocycles. The van der Waals surface area contributed by atoms with Crippen molar-refractivity contribution in [1.29, 1.82) is 0 Å². The summed E-state index contributed by atoms with van der Waals surface area (Å²) in [7, 11) is 4.03. The van der Waals surface area contributed by atoms with Gasteiger partial charge in [0.25, 0.3) is 0 Å². The number of H-pyrrole nitrogens is 2. The lowest BCUT2D eigenvalue weighted by molar-refractivity contribution is -0.136. The highest BCUT2D eigenvalue weighted by atomic mass is 16.5. The molecule has 4 atom stereocenters. The maximum Gasteiger partial charge on any atom is 0.407 e. The number of benzene rings is 3. The van der Waals surface area contributed by atoms with Gasteiger partial charge < -0.3 is 44.6 Å². The number of alkyl carbamates (subject to hydrolysis) is 2. The second kappa shape index (κ2) is 16.4. The molecule has 0 spiro atoms. The van der Waals surface area contributed by atoms with Crippen molar-refractivity contribution in [2.75, 3.05) is 41.0 Å². The molecule has 15 heteroatoms. The van der Waals surface area contributed by atoms with Crippen molar-refractivity contribution < 1.29 is 33.4 Å². The molecule has 0 aliphatic carbocycles. The molecule has 4 heterocycles. The third kappa shape index (κ3) is 7.76. The van der Waals surface area contributed by atoms with Crippen molar-refractivity contribution in [3.05, 3.63) is 72.4 Å². The summed E-state index contributed by atoms with van der Waals surface area (Å²) in [5.41, 5.74) is 5.59. The van der Waals surface area contributed by atoms with Crippen molar-refractivity contribution >= 4 is 45.8 Å². The lowest BCUT2D eigenvalue weighted by Crippen LogP contribution is -2.51. The molecule has 4 N–H and O–H groups in total. The Morgan fingerprint density at radius 3 is 2.05 bits per heavy atom. The number of hydrogen-bond donors (Lipinski definition) is 4. The Bertz CT molecular complexity index is 2250. The van der Waals surface area contributed by atoms with E-state index in [9.17, 15) is 19.2 Å². The molecule has 15 nitrogen and oxygen atoms in total. The first-order valence-electron chi connectivity index (χ1n) is 19.0. The molecule has 0 bridgehead atoms. The van der Waals surface area contributed by atoms with Crippen molar-refractivity contribution in [3.8, 4) is 22.4 Å². The number of rotatable bonds is 11. The van der Waals surface area contributed by atoms with E-state index in [1.54, 1.807) is 11.1 Å². The smallest absolute Gasteiger partial charge is 0.407 e. The van der Waals surface area contributed by atoms with Crippen LogP contribution in [0.5, 0.6) is 0 Å². The van der Waals surface area contributed by atoms with Gasteiger partial charge in [-0.3, -0.25) is 9.59 Å². The van der Waals surface area contributed by atoms with Crippen molar-refractivity contribution in [3.63, 3.8) is 0 Å². The first-order chi connectivity index (χ1) is 27.1. The molecule has 0 radical (unpaired) electrons. The number of hydrogen-bond acceptors (Lipinski definition) is 9. The van der Waals surface area contributed by atoms with Gasteiger partial charge in [0.2, 0.25) is 11.8 Å². The average Bonchev–Trinajstić information content (AvgIpc) is 4.04. The van der Waals surface area contributed by atoms with E-state index in [1.807, 2.05) is 24.8 Å². The molecular formula is C41H48N8O7. The van der Waals surface area contributed by atoms with Gasteiger partial charge in [-0.25, -0.2) is 19.6 Å². The molecule has 5 aromatic rings. The molecule has 0 saturated carbocycles. The van der Waals surface area contributed by atoms with Gasteiger partial charge in [-0.15, -0.1) is 0 Å². The molecule has 294 valence electrons. The summed E-state index contributed by atoms with van der Waals surface area (Å²) in [5.74, 6) is 0.922. The van der Waals surface area contributed by atoms with E-state index in [1.165, 1.54) is 21.3 Å². The number of amides is 4. The monoisotopic (exact) mass is 764 g/mol. The highest BCUT2D eigenvalue weighted by Crippen LogP contribution is 2.36. The van der Waals surface area contributed by atoms with Gasteiger partial charge in [-0.1, -0.05) is 44.2 Å². The Kier molecular flexibility index (Phi) is 11.2. The fourth-order valence-corrected chi connectivity index (χ4v) is 7.86. The van der Waals surface area contributed by atoms with Gasteiger partial charge in [0, 0.05) is 25.8 Å². The van der Waals surface area contributed by atoms with Crippen LogP contribution in [0, 0.1) is 5.92 Å². The van der Waals surface area contributed by atoms with Crippen LogP contribution < -0.4 is 10.6 Å². The number of aromatic amines is 2. The Labute approximate surface area is 324 Å². The largest absolute Gasteiger partial charge is 0.453 e. The summed E-state index contributed by atoms with van der Waals surface area (Å²) >= 11 is 0. The number of methoxy groups -OCH3 is 3. The molecule has 7 rings (SSSR count). The van der Waals surface area contributed by atoms with Crippen molar-refractivity contribution in [1.82, 2.24) is 40.4 Å². The normalized spacial score (nSPS) is 18.0. The maximum absolute atomic E-state index is 13.6. The van der Waals surface area contributed by atoms with Crippen LogP contribution >= 0.6 is 0 Å². The second-order valence-electron chi connectivity index (χ2n) is 14.7. The number of aromatic nitrogens is 4. The number of ether oxygens (including phenoxy) is 3. The van der Waals surface area contributed by atoms with Gasteiger partial charge in [-0.2, -0.15) is 0 Å². The fraction of sp³-hybridized carbons (Fsp3) is 0.415. The van der Waals surface area contributed by atoms with Crippen LogP contribution in [-0.2, 0) is 23.8 Å². The van der Waals surface area contributed by atoms with E-state index in [0.717, 1.165) is 75.7 Å². The van der Waals surface area contributed by atoms with E-state index in [4.69, 9.17) is 19.2 Å². The van der Waals surface area contributed by atoms with Crippen LogP contribution in [0.1, 0.15) is 63.3 Å². The average molecular weight is 765 g/mol. The fourth-order valence-electron chi connectivity index (χ4n) is 7.86. The first kappa shape index (κ1) is 38.3. The third-order valence-corrected chi connectivity index (χ3v) is 10.8. The minimum Gasteiger partial charge on any atom is -0.453 e. The van der Waals surface area contributed by atoms with Gasteiger partial charge in [0.1, 0.15) is 23.7 Å². The van der Waals surface area contributed by atoms with Crippen LogP contribution in [0.3, 0.4) is 0 Å². The molecule has 2 fully saturated rings. The quantitative estimate of drug-likeness (QED) is 0.128. The summed E-state index contributed by atoms with van der Waals surface area (Å²) in [5, 5.41) is 7.42. The number of carbonyl (C=O) groups excluding carboxylic acids is 4. The Balaban J connectivity index is 1.07. The molecule has 3 aromatic carbocycles. The number of nitrogens with one attached hydrogen (secondary N) is 4. The zero-order valence-electron chi connectivity index (χ0n) is 32.3. The first-order valence-corrected chi connectivity index (χ1v) is 19.0. The Hall–Kier alpha value is -5.96. The molecule has 2 aromatic heterocycles. The van der Waals surface area contributed by atoms with Gasteiger partial charge in [0.15, 0.2) is 0 Å². The zero-order chi connectivity index (χ0) is 39.5. The molecule has 56 heavy (non-hydrogen) atoms. The molecule has 4 unspecified atom stereocenters. The number of nitrogens with zero attached hydrogens (tertiary/aromatic N) is 4. The lowest BCUT2D eigenvalue weighted by atomic mass is 9.99. The molecule has 2 aliphatic rings. The second-order valence-corrected chi connectivity index (χ2v) is 14.7. The lowest BCUT2D eigenvalue weighted by Gasteiger charge is -2.29. The van der Waals surface area contributed by atoms with E-state index < -0.39 is 24.3 Å². The van der Waals surface area contributed by atoms with E-state index in [2.05, 4.69) is 74.1 Å². The van der Waals surface area contributed by atoms with Crippen LogP contribution in [-0.4, -0.2) is 107 Å². The zero-order valence-corrected chi connectivity index (χ0v) is 32.3. The highest BCUT2D eigenvalue weighted by Gasteiger charge is 2.38. The van der Waals surface area contributed by atoms with Gasteiger partial charge >= 0.3 is 12.2 Å². The third-order valence-electron chi connectivity index (χ3n) is 10.8. The van der Waals surface area contributed by atoms with Crippen LogP contribution in [0.4, 0.5) is 9.59 Å². The minimum absolute atomic E-state index is 0.0274. The number of fused-ring (bicyclic) bond motifs is 2. The summed E-state index contributed by atoms with van der Waals surface area (Å²) in [6.45, 7) is 4.97. The highest BCUT2D eigenvalue weighted by molar-refractivity contribution is 5.92. The molecular weight excluding hydrogens is 716 g/mol. The predicted molar refractivity (Wildman–Crippen MR) is 209 cm³/mol. The standard InChI is InChI=1S/C41H48N8O7/c1-23(2)35(47-41(53)56-5)39(51)49-17-7-9-34(49)37-43-29-15-14-27(20-30(29)44-37)25-10-11-26-19-28(13-12-24(26)18-25)31-21-42-36(45-31)33-8-6-16-48(33)38(50)32(22-54-3)46-40(52)55-4/h10-15,18-21,23,32-35H,6-9,16-17,22H2,1-5H3,(H,42,45)(H,43,44)(H,46,52)(H,47,53).